The van der Waals surface area contributed by atoms with E-state index in [1.807, 2.05) is 62.4 Å². The SMILES string of the molecule is CCC(C)NC(=O)C(Cc1ccccc1)N(Cc1ccc(F)cc1)C(=O)CN(c1ccc(Oc2ccccc2)cc1)S(=O)(=O)c1ccccc1. The molecule has 5 aromatic carbocycles. The summed E-state index contributed by atoms with van der Waals surface area (Å²) in [6, 6.07) is 37.2. The van der Waals surface area contributed by atoms with E-state index in [0.717, 1.165) is 9.87 Å². The van der Waals surface area contributed by atoms with Gasteiger partial charge in [-0.25, -0.2) is 12.8 Å². The molecular formula is C40H40FN3O5S. The van der Waals surface area contributed by atoms with Gasteiger partial charge in [-0.3, -0.25) is 13.9 Å². The van der Waals surface area contributed by atoms with Gasteiger partial charge in [0.05, 0.1) is 10.6 Å². The lowest BCUT2D eigenvalue weighted by Crippen LogP contribution is -2.54. The molecular weight excluding hydrogens is 654 g/mol. The van der Waals surface area contributed by atoms with E-state index in [9.17, 15) is 22.4 Å². The zero-order valence-corrected chi connectivity index (χ0v) is 28.8. The highest BCUT2D eigenvalue weighted by Gasteiger charge is 2.35. The summed E-state index contributed by atoms with van der Waals surface area (Å²) in [6.45, 7) is 3.15. The number of hydrogen-bond donors (Lipinski definition) is 1. The van der Waals surface area contributed by atoms with E-state index >= 15 is 0 Å². The zero-order valence-electron chi connectivity index (χ0n) is 28.0. The predicted molar refractivity (Wildman–Crippen MR) is 193 cm³/mol. The predicted octanol–water partition coefficient (Wildman–Crippen LogP) is 7.37. The maximum Gasteiger partial charge on any atom is 0.264 e. The summed E-state index contributed by atoms with van der Waals surface area (Å²) in [7, 11) is -4.27. The maximum absolute atomic E-state index is 14.6. The van der Waals surface area contributed by atoms with E-state index in [2.05, 4.69) is 5.32 Å². The van der Waals surface area contributed by atoms with Crippen LogP contribution >= 0.6 is 0 Å². The van der Waals surface area contributed by atoms with Gasteiger partial charge in [0.2, 0.25) is 11.8 Å². The van der Waals surface area contributed by atoms with E-state index in [4.69, 9.17) is 4.74 Å². The summed E-state index contributed by atoms with van der Waals surface area (Å²) in [5, 5.41) is 3.01. The van der Waals surface area contributed by atoms with Gasteiger partial charge in [-0.15, -0.1) is 0 Å². The number of para-hydroxylation sites is 1. The lowest BCUT2D eigenvalue weighted by atomic mass is 10.0. The number of nitrogens with zero attached hydrogens (tertiary/aromatic N) is 2. The molecule has 0 saturated heterocycles. The molecule has 0 aliphatic rings. The summed E-state index contributed by atoms with van der Waals surface area (Å²) in [5.74, 6) is -0.342. The minimum absolute atomic E-state index is 0.00199. The number of anilines is 1. The van der Waals surface area contributed by atoms with Crippen LogP contribution in [0, 0.1) is 5.82 Å². The third kappa shape index (κ3) is 9.35. The van der Waals surface area contributed by atoms with Crippen LogP contribution in [0.3, 0.4) is 0 Å². The fourth-order valence-electron chi connectivity index (χ4n) is 5.34. The number of benzene rings is 5. The number of amides is 2. The monoisotopic (exact) mass is 693 g/mol. The molecule has 1 N–H and O–H groups in total. The molecule has 0 radical (unpaired) electrons. The number of nitrogens with one attached hydrogen (secondary N) is 1. The third-order valence-corrected chi connectivity index (χ3v) is 10.0. The molecule has 5 rings (SSSR count). The van der Waals surface area contributed by atoms with Gasteiger partial charge in [0, 0.05) is 19.0 Å². The van der Waals surface area contributed by atoms with Crippen LogP contribution in [0.15, 0.2) is 144 Å². The Morgan fingerprint density at radius 1 is 0.740 bits per heavy atom. The molecule has 0 aliphatic heterocycles. The first-order valence-corrected chi connectivity index (χ1v) is 17.9. The lowest BCUT2D eigenvalue weighted by molar-refractivity contribution is -0.140. The minimum Gasteiger partial charge on any atom is -0.457 e. The first kappa shape index (κ1) is 35.8. The first-order chi connectivity index (χ1) is 24.1. The number of sulfonamides is 1. The van der Waals surface area contributed by atoms with Crippen molar-refractivity contribution in [3.05, 3.63) is 156 Å². The van der Waals surface area contributed by atoms with E-state index in [0.29, 0.717) is 23.5 Å². The first-order valence-electron chi connectivity index (χ1n) is 16.4. The highest BCUT2D eigenvalue weighted by molar-refractivity contribution is 7.92. The van der Waals surface area contributed by atoms with Crippen LogP contribution in [-0.4, -0.2) is 43.8 Å². The Kier molecular flexibility index (Phi) is 12.0. The van der Waals surface area contributed by atoms with Crippen LogP contribution < -0.4 is 14.4 Å². The van der Waals surface area contributed by atoms with Crippen molar-refractivity contribution in [3.8, 4) is 11.5 Å². The van der Waals surface area contributed by atoms with E-state index in [1.54, 1.807) is 66.7 Å². The molecule has 0 bridgehead atoms. The van der Waals surface area contributed by atoms with Crippen LogP contribution in [-0.2, 0) is 32.6 Å². The Labute approximate surface area is 293 Å². The van der Waals surface area contributed by atoms with Crippen molar-refractivity contribution in [2.24, 2.45) is 0 Å². The maximum atomic E-state index is 14.6. The Morgan fingerprint density at radius 2 is 1.30 bits per heavy atom. The molecule has 0 spiro atoms. The summed E-state index contributed by atoms with van der Waals surface area (Å²) in [5.41, 5.74) is 1.62. The second-order valence-corrected chi connectivity index (χ2v) is 13.8. The van der Waals surface area contributed by atoms with Crippen molar-refractivity contribution in [2.75, 3.05) is 10.8 Å². The van der Waals surface area contributed by atoms with Gasteiger partial charge < -0.3 is 15.0 Å². The highest BCUT2D eigenvalue weighted by Crippen LogP contribution is 2.29. The topological polar surface area (TPSA) is 96.0 Å². The number of rotatable bonds is 15. The van der Waals surface area contributed by atoms with E-state index in [-0.39, 0.29) is 35.5 Å². The molecule has 8 nitrogen and oxygen atoms in total. The van der Waals surface area contributed by atoms with Gasteiger partial charge in [-0.1, -0.05) is 85.8 Å². The largest absolute Gasteiger partial charge is 0.457 e. The number of halogens is 1. The van der Waals surface area contributed by atoms with Crippen LogP contribution in [0.2, 0.25) is 0 Å². The Bertz CT molecular complexity index is 1940. The van der Waals surface area contributed by atoms with Crippen LogP contribution in [0.1, 0.15) is 31.4 Å². The molecule has 0 aliphatic carbocycles. The summed E-state index contributed by atoms with van der Waals surface area (Å²) in [6.07, 6.45) is 0.843. The smallest absolute Gasteiger partial charge is 0.264 e. The molecule has 0 saturated carbocycles. The minimum atomic E-state index is -4.27. The molecule has 50 heavy (non-hydrogen) atoms. The normalized spacial score (nSPS) is 12.4. The van der Waals surface area contributed by atoms with Crippen molar-refractivity contribution >= 4 is 27.5 Å². The summed E-state index contributed by atoms with van der Waals surface area (Å²) < 4.78 is 49.4. The lowest BCUT2D eigenvalue weighted by Gasteiger charge is -2.34. The molecule has 2 unspecified atom stereocenters. The van der Waals surface area contributed by atoms with Gasteiger partial charge in [0.15, 0.2) is 0 Å². The number of ether oxygens (including phenoxy) is 1. The quantitative estimate of drug-likeness (QED) is 0.124. The molecule has 0 aromatic heterocycles. The standard InChI is InChI=1S/C40H40FN3O5S/c1-3-30(2)42-40(46)38(27-31-13-7-4-8-14-31)43(28-32-19-21-33(41)22-20-32)39(45)29-44(50(47,48)37-17-11-6-12-18-37)34-23-25-36(26-24-34)49-35-15-9-5-10-16-35/h4-26,30,38H,3,27-29H2,1-2H3,(H,42,46). The summed E-state index contributed by atoms with van der Waals surface area (Å²) in [4.78, 5) is 30.0. The molecule has 5 aromatic rings. The molecule has 0 heterocycles. The van der Waals surface area contributed by atoms with Crippen LogP contribution in [0.5, 0.6) is 11.5 Å². The second-order valence-electron chi connectivity index (χ2n) is 11.9. The van der Waals surface area contributed by atoms with Crippen molar-refractivity contribution in [1.82, 2.24) is 10.2 Å². The molecule has 2 amide bonds. The number of hydrogen-bond acceptors (Lipinski definition) is 5. The highest BCUT2D eigenvalue weighted by atomic mass is 32.2. The van der Waals surface area contributed by atoms with Crippen LogP contribution in [0.25, 0.3) is 0 Å². The van der Waals surface area contributed by atoms with Crippen molar-refractivity contribution in [3.63, 3.8) is 0 Å². The Balaban J connectivity index is 1.55. The van der Waals surface area contributed by atoms with Gasteiger partial charge in [0.1, 0.15) is 29.9 Å². The zero-order chi connectivity index (χ0) is 35.5. The summed E-state index contributed by atoms with van der Waals surface area (Å²) >= 11 is 0. The van der Waals surface area contributed by atoms with E-state index < -0.39 is 34.3 Å². The fourth-order valence-corrected chi connectivity index (χ4v) is 6.77. The molecule has 0 fully saturated rings. The Morgan fingerprint density at radius 3 is 1.90 bits per heavy atom. The third-order valence-electron chi connectivity index (χ3n) is 8.25. The average molecular weight is 694 g/mol. The fraction of sp³-hybridized carbons (Fsp3) is 0.200. The Hall–Kier alpha value is -5.48. The number of carbonyl (C=O) groups excluding carboxylic acids is 2. The molecule has 10 heteroatoms. The second kappa shape index (κ2) is 16.8. The van der Waals surface area contributed by atoms with Gasteiger partial charge in [-0.05, 0) is 85.1 Å². The van der Waals surface area contributed by atoms with Gasteiger partial charge >= 0.3 is 0 Å². The average Bonchev–Trinajstić information content (AvgIpc) is 3.14. The van der Waals surface area contributed by atoms with E-state index in [1.165, 1.54) is 29.2 Å². The molecule has 2 atom stereocenters. The van der Waals surface area contributed by atoms with Gasteiger partial charge in [0.25, 0.3) is 10.0 Å². The van der Waals surface area contributed by atoms with Crippen molar-refractivity contribution < 1.29 is 27.1 Å². The van der Waals surface area contributed by atoms with Crippen molar-refractivity contribution in [1.29, 1.82) is 0 Å². The number of carbonyl (C=O) groups is 2. The molecule has 258 valence electrons. The van der Waals surface area contributed by atoms with Gasteiger partial charge in [-0.2, -0.15) is 0 Å². The van der Waals surface area contributed by atoms with Crippen molar-refractivity contribution in [2.45, 2.75) is 50.2 Å². The van der Waals surface area contributed by atoms with Crippen LogP contribution in [0.4, 0.5) is 10.1 Å².